The van der Waals surface area contributed by atoms with Gasteiger partial charge in [0.2, 0.25) is 5.13 Å². The second-order valence-electron chi connectivity index (χ2n) is 5.97. The Bertz CT molecular complexity index is 792. The van der Waals surface area contributed by atoms with Crippen LogP contribution in [0.2, 0.25) is 0 Å². The van der Waals surface area contributed by atoms with E-state index in [2.05, 4.69) is 22.4 Å². The van der Waals surface area contributed by atoms with E-state index in [1.54, 1.807) is 13.1 Å². The van der Waals surface area contributed by atoms with Crippen LogP contribution in [0.3, 0.4) is 0 Å². The van der Waals surface area contributed by atoms with Crippen molar-refractivity contribution in [3.05, 3.63) is 34.8 Å². The smallest absolute Gasteiger partial charge is 0.311 e. The summed E-state index contributed by atoms with van der Waals surface area (Å²) in [4.78, 5) is 15.8. The number of hydrogen-bond donors (Lipinski definition) is 1. The zero-order valence-electron chi connectivity index (χ0n) is 16.7. The number of ether oxygens (including phenoxy) is 3. The number of benzene rings is 1. The van der Waals surface area contributed by atoms with E-state index in [9.17, 15) is 4.79 Å². The summed E-state index contributed by atoms with van der Waals surface area (Å²) in [7, 11) is 0. The van der Waals surface area contributed by atoms with Crippen molar-refractivity contribution in [2.45, 2.75) is 46.6 Å². The molecule has 0 fully saturated rings. The van der Waals surface area contributed by atoms with Gasteiger partial charge in [-0.15, -0.1) is 11.3 Å². The van der Waals surface area contributed by atoms with Crippen LogP contribution in [-0.4, -0.2) is 36.5 Å². The van der Waals surface area contributed by atoms with Gasteiger partial charge < -0.3 is 14.2 Å². The highest BCUT2D eigenvalue weighted by molar-refractivity contribution is 7.13. The van der Waals surface area contributed by atoms with Crippen LogP contribution in [-0.2, 0) is 16.0 Å². The van der Waals surface area contributed by atoms with Gasteiger partial charge in [0.1, 0.15) is 0 Å². The summed E-state index contributed by atoms with van der Waals surface area (Å²) in [6.07, 6.45) is 2.88. The molecule has 1 aromatic carbocycles. The monoisotopic (exact) mass is 405 g/mol. The SMILES string of the molecule is CCOC(=O)Cc1csc(NN=Cc2ccc(OC(C)CC)c(OCC)c2)n1. The van der Waals surface area contributed by atoms with Gasteiger partial charge in [0.15, 0.2) is 11.5 Å². The number of anilines is 1. The first-order chi connectivity index (χ1) is 13.5. The van der Waals surface area contributed by atoms with Gasteiger partial charge >= 0.3 is 5.97 Å². The van der Waals surface area contributed by atoms with Crippen molar-refractivity contribution in [1.82, 2.24) is 4.98 Å². The number of rotatable bonds is 11. The molecule has 7 nitrogen and oxygen atoms in total. The average molecular weight is 406 g/mol. The molecule has 1 heterocycles. The summed E-state index contributed by atoms with van der Waals surface area (Å²) in [6, 6.07) is 5.69. The van der Waals surface area contributed by atoms with Crippen LogP contribution in [0, 0.1) is 0 Å². The normalized spacial score (nSPS) is 12.0. The quantitative estimate of drug-likeness (QED) is 0.341. The van der Waals surface area contributed by atoms with Crippen LogP contribution in [0.5, 0.6) is 11.5 Å². The van der Waals surface area contributed by atoms with E-state index in [1.165, 1.54) is 11.3 Å². The standard InChI is InChI=1S/C20H27N3O4S/c1-5-14(4)27-17-9-8-15(10-18(17)25-6-2)12-21-23-20-22-16(13-28-20)11-19(24)26-7-3/h8-10,12-14H,5-7,11H2,1-4H3,(H,22,23). The summed E-state index contributed by atoms with van der Waals surface area (Å²) >= 11 is 1.38. The summed E-state index contributed by atoms with van der Waals surface area (Å²) in [5.74, 6) is 1.13. The number of nitrogens with one attached hydrogen (secondary N) is 1. The molecule has 152 valence electrons. The highest BCUT2D eigenvalue weighted by Gasteiger charge is 2.10. The molecule has 0 saturated carbocycles. The molecule has 0 bridgehead atoms. The fourth-order valence-electron chi connectivity index (χ4n) is 2.23. The lowest BCUT2D eigenvalue weighted by Crippen LogP contribution is -2.11. The minimum absolute atomic E-state index is 0.120. The fraction of sp³-hybridized carbons (Fsp3) is 0.450. The Labute approximate surface area is 169 Å². The summed E-state index contributed by atoms with van der Waals surface area (Å²) in [5, 5.41) is 6.63. The van der Waals surface area contributed by atoms with Gasteiger partial charge in [-0.1, -0.05) is 6.92 Å². The Hall–Kier alpha value is -2.61. The number of hydrogen-bond acceptors (Lipinski definition) is 8. The molecule has 0 radical (unpaired) electrons. The molecule has 0 aliphatic heterocycles. The first-order valence-corrected chi connectivity index (χ1v) is 10.3. The maximum Gasteiger partial charge on any atom is 0.311 e. The molecule has 0 amide bonds. The van der Waals surface area contributed by atoms with Crippen molar-refractivity contribution in [3.63, 3.8) is 0 Å². The van der Waals surface area contributed by atoms with Crippen LogP contribution >= 0.6 is 11.3 Å². The maximum atomic E-state index is 11.5. The third kappa shape index (κ3) is 6.84. The fourth-order valence-corrected chi connectivity index (χ4v) is 2.89. The molecular formula is C20H27N3O4S. The molecule has 2 rings (SSSR count). The Morgan fingerprint density at radius 1 is 1.29 bits per heavy atom. The number of nitrogens with zero attached hydrogens (tertiary/aromatic N) is 2. The zero-order chi connectivity index (χ0) is 20.4. The second kappa shape index (κ2) is 11.3. The molecule has 1 aromatic heterocycles. The first-order valence-electron chi connectivity index (χ1n) is 9.38. The van der Waals surface area contributed by atoms with Crippen molar-refractivity contribution in [3.8, 4) is 11.5 Å². The van der Waals surface area contributed by atoms with Crippen molar-refractivity contribution in [1.29, 1.82) is 0 Å². The average Bonchev–Trinajstić information content (AvgIpc) is 3.11. The van der Waals surface area contributed by atoms with E-state index in [4.69, 9.17) is 14.2 Å². The topological polar surface area (TPSA) is 82.0 Å². The number of carbonyl (C=O) groups excluding carboxylic acids is 1. The van der Waals surface area contributed by atoms with Gasteiger partial charge in [-0.2, -0.15) is 5.10 Å². The summed E-state index contributed by atoms with van der Waals surface area (Å²) in [5.41, 5.74) is 4.41. The molecule has 0 spiro atoms. The van der Waals surface area contributed by atoms with Crippen LogP contribution in [0.1, 0.15) is 45.4 Å². The molecule has 2 aromatic rings. The van der Waals surface area contributed by atoms with Gasteiger partial charge in [0.05, 0.1) is 37.6 Å². The third-order valence-electron chi connectivity index (χ3n) is 3.73. The predicted octanol–water partition coefficient (Wildman–Crippen LogP) is 4.27. The largest absolute Gasteiger partial charge is 0.490 e. The Morgan fingerprint density at radius 3 is 2.82 bits per heavy atom. The first kappa shape index (κ1) is 21.7. The third-order valence-corrected chi connectivity index (χ3v) is 4.52. The summed E-state index contributed by atoms with van der Waals surface area (Å²) < 4.78 is 16.5. The van der Waals surface area contributed by atoms with E-state index >= 15 is 0 Å². The second-order valence-corrected chi connectivity index (χ2v) is 6.83. The van der Waals surface area contributed by atoms with E-state index in [-0.39, 0.29) is 18.5 Å². The lowest BCUT2D eigenvalue weighted by atomic mass is 10.2. The number of hydrazone groups is 1. The molecule has 1 atom stereocenters. The minimum atomic E-state index is -0.286. The lowest BCUT2D eigenvalue weighted by Gasteiger charge is -2.16. The number of thiazole rings is 1. The summed E-state index contributed by atoms with van der Waals surface area (Å²) in [6.45, 7) is 8.74. The van der Waals surface area contributed by atoms with E-state index in [0.29, 0.717) is 29.8 Å². The van der Waals surface area contributed by atoms with Crippen molar-refractivity contribution in [2.24, 2.45) is 5.10 Å². The van der Waals surface area contributed by atoms with E-state index < -0.39 is 0 Å². The van der Waals surface area contributed by atoms with E-state index in [1.807, 2.05) is 37.4 Å². The van der Waals surface area contributed by atoms with Crippen LogP contribution in [0.15, 0.2) is 28.7 Å². The van der Waals surface area contributed by atoms with Crippen molar-refractivity contribution in [2.75, 3.05) is 18.6 Å². The maximum absolute atomic E-state index is 11.5. The molecule has 28 heavy (non-hydrogen) atoms. The van der Waals surface area contributed by atoms with Gasteiger partial charge in [0, 0.05) is 5.38 Å². The Kier molecular flexibility index (Phi) is 8.74. The molecule has 0 aliphatic carbocycles. The van der Waals surface area contributed by atoms with Crippen molar-refractivity contribution < 1.29 is 19.0 Å². The van der Waals surface area contributed by atoms with Crippen LogP contribution < -0.4 is 14.9 Å². The van der Waals surface area contributed by atoms with Crippen LogP contribution in [0.4, 0.5) is 5.13 Å². The van der Waals surface area contributed by atoms with Crippen LogP contribution in [0.25, 0.3) is 0 Å². The number of carbonyl (C=O) groups is 1. The van der Waals surface area contributed by atoms with Gasteiger partial charge in [0.25, 0.3) is 0 Å². The zero-order valence-corrected chi connectivity index (χ0v) is 17.5. The Morgan fingerprint density at radius 2 is 2.11 bits per heavy atom. The van der Waals surface area contributed by atoms with Gasteiger partial charge in [-0.3, -0.25) is 10.2 Å². The molecular weight excluding hydrogens is 378 g/mol. The molecule has 8 heteroatoms. The lowest BCUT2D eigenvalue weighted by molar-refractivity contribution is -0.142. The molecule has 0 aliphatic rings. The highest BCUT2D eigenvalue weighted by atomic mass is 32.1. The molecule has 0 saturated heterocycles. The minimum Gasteiger partial charge on any atom is -0.490 e. The Balaban J connectivity index is 1.99. The number of esters is 1. The van der Waals surface area contributed by atoms with E-state index in [0.717, 1.165) is 17.7 Å². The molecule has 1 N–H and O–H groups in total. The van der Waals surface area contributed by atoms with Gasteiger partial charge in [-0.05, 0) is 51.0 Å². The van der Waals surface area contributed by atoms with Gasteiger partial charge in [-0.25, -0.2) is 4.98 Å². The predicted molar refractivity (Wildman–Crippen MR) is 112 cm³/mol. The highest BCUT2D eigenvalue weighted by Crippen LogP contribution is 2.29. The van der Waals surface area contributed by atoms with Crippen molar-refractivity contribution >= 4 is 28.7 Å². The molecule has 1 unspecified atom stereocenters. The number of aromatic nitrogens is 1.